The fraction of sp³-hybridized carbons (Fsp3) is 1.00. The Kier molecular flexibility index (Phi) is 6.88. The Bertz CT molecular complexity index is 120. The Morgan fingerprint density at radius 1 is 1.08 bits per heavy atom. The highest BCUT2D eigenvalue weighted by Crippen LogP contribution is 2.29. The molecule has 0 spiro atoms. The van der Waals surface area contributed by atoms with Crippen LogP contribution in [-0.2, 0) is 4.52 Å². The number of rotatable bonds is 6. The monoisotopic (exact) mass is 206 g/mol. The van der Waals surface area contributed by atoms with E-state index in [0.29, 0.717) is 11.8 Å². The minimum Gasteiger partial charge on any atom is -0.820 e. The molecule has 0 saturated heterocycles. The second-order valence-electron chi connectivity index (χ2n) is 3.56. The summed E-state index contributed by atoms with van der Waals surface area (Å²) in [6, 6.07) is 0. The van der Waals surface area contributed by atoms with Gasteiger partial charge in [-0.15, -0.1) is 0 Å². The summed E-state index contributed by atoms with van der Waals surface area (Å²) < 4.78 is 4.91. The summed E-state index contributed by atoms with van der Waals surface area (Å²) in [5.74, 6) is 0.589. The second-order valence-corrected chi connectivity index (χ2v) is 4.22. The van der Waals surface area contributed by atoms with E-state index in [-0.39, 0.29) is 6.10 Å². The Morgan fingerprint density at radius 2 is 1.46 bits per heavy atom. The van der Waals surface area contributed by atoms with Crippen LogP contribution in [-0.4, -0.2) is 6.10 Å². The van der Waals surface area contributed by atoms with Gasteiger partial charge >= 0.3 is 0 Å². The lowest BCUT2D eigenvalue weighted by Crippen LogP contribution is -2.30. The van der Waals surface area contributed by atoms with E-state index in [1.54, 1.807) is 0 Å². The van der Waals surface area contributed by atoms with Crippen LogP contribution in [0.5, 0.6) is 0 Å². The van der Waals surface area contributed by atoms with Gasteiger partial charge in [-0.25, -0.2) is 0 Å². The molecule has 0 heterocycles. The van der Waals surface area contributed by atoms with Gasteiger partial charge in [-0.05, 0) is 11.8 Å². The summed E-state index contributed by atoms with van der Waals surface area (Å²) in [6.45, 7) is 8.13. The zero-order valence-electron chi connectivity index (χ0n) is 8.82. The molecule has 0 aromatic heterocycles. The second kappa shape index (κ2) is 6.72. The van der Waals surface area contributed by atoms with Gasteiger partial charge in [-0.2, -0.15) is 8.60 Å². The molecule has 2 unspecified atom stereocenters. The molecular formula is C9H19O3P-2. The van der Waals surface area contributed by atoms with E-state index in [1.165, 1.54) is 0 Å². The van der Waals surface area contributed by atoms with Gasteiger partial charge in [0.2, 0.25) is 0 Å². The molecule has 0 aliphatic carbocycles. The smallest absolute Gasteiger partial charge is 0.0635 e. The van der Waals surface area contributed by atoms with Crippen LogP contribution in [0.4, 0.5) is 0 Å². The lowest BCUT2D eigenvalue weighted by molar-refractivity contribution is -0.323. The van der Waals surface area contributed by atoms with E-state index >= 15 is 0 Å². The first kappa shape index (κ1) is 13.3. The molecule has 0 rings (SSSR count). The first-order chi connectivity index (χ1) is 6.02. The van der Waals surface area contributed by atoms with E-state index in [9.17, 15) is 9.79 Å². The summed E-state index contributed by atoms with van der Waals surface area (Å²) >= 11 is 0. The van der Waals surface area contributed by atoms with Crippen LogP contribution in [0.3, 0.4) is 0 Å². The van der Waals surface area contributed by atoms with Crippen molar-refractivity contribution < 1.29 is 14.3 Å². The third-order valence-corrected chi connectivity index (χ3v) is 3.03. The predicted octanol–water partition coefficient (Wildman–Crippen LogP) is 1.41. The molecule has 3 nitrogen and oxygen atoms in total. The largest absolute Gasteiger partial charge is 0.820 e. The Morgan fingerprint density at radius 3 is 1.69 bits per heavy atom. The fourth-order valence-corrected chi connectivity index (χ4v) is 1.95. The summed E-state index contributed by atoms with van der Waals surface area (Å²) in [5.41, 5.74) is 0. The van der Waals surface area contributed by atoms with Gasteiger partial charge in [0.25, 0.3) is 0 Å². The molecule has 0 aliphatic rings. The van der Waals surface area contributed by atoms with E-state index in [1.807, 2.05) is 27.7 Å². The quantitative estimate of drug-likeness (QED) is 0.617. The van der Waals surface area contributed by atoms with E-state index in [2.05, 4.69) is 0 Å². The zero-order valence-corrected chi connectivity index (χ0v) is 9.71. The van der Waals surface area contributed by atoms with Crippen molar-refractivity contribution in [3.63, 3.8) is 0 Å². The number of hydrogen-bond acceptors (Lipinski definition) is 3. The zero-order chi connectivity index (χ0) is 10.4. The summed E-state index contributed by atoms with van der Waals surface area (Å²) in [4.78, 5) is 20.9. The molecule has 0 fully saturated rings. The topological polar surface area (TPSA) is 55.3 Å². The molecule has 0 aromatic carbocycles. The Balaban J connectivity index is 4.17. The highest BCUT2D eigenvalue weighted by molar-refractivity contribution is 7.36. The SMILES string of the molecule is CCC(C)C(OP([O-])[O-])C(C)CC. The van der Waals surface area contributed by atoms with Crippen LogP contribution in [0.2, 0.25) is 0 Å². The first-order valence-electron chi connectivity index (χ1n) is 4.84. The molecule has 80 valence electrons. The van der Waals surface area contributed by atoms with Crippen LogP contribution >= 0.6 is 8.60 Å². The normalized spacial score (nSPS) is 18.7. The van der Waals surface area contributed by atoms with Gasteiger partial charge in [0.05, 0.1) is 6.10 Å². The highest BCUT2D eigenvalue weighted by atomic mass is 31.2. The van der Waals surface area contributed by atoms with Gasteiger partial charge < -0.3 is 14.3 Å². The van der Waals surface area contributed by atoms with Crippen molar-refractivity contribution in [2.75, 3.05) is 0 Å². The van der Waals surface area contributed by atoms with Crippen molar-refractivity contribution >= 4 is 8.60 Å². The predicted molar refractivity (Wildman–Crippen MR) is 50.7 cm³/mol. The van der Waals surface area contributed by atoms with Gasteiger partial charge in [0.15, 0.2) is 0 Å². The standard InChI is InChI=1S/C9H19O3P/c1-5-7(3)9(8(4)6-2)12-13(10)11/h7-9H,5-6H2,1-4H3/q-2. The Hall–Kier alpha value is 0.310. The van der Waals surface area contributed by atoms with E-state index in [4.69, 9.17) is 4.52 Å². The van der Waals surface area contributed by atoms with E-state index < -0.39 is 8.60 Å². The van der Waals surface area contributed by atoms with Crippen molar-refractivity contribution in [2.24, 2.45) is 11.8 Å². The molecule has 0 aliphatic heterocycles. The lowest BCUT2D eigenvalue weighted by Gasteiger charge is -2.39. The maximum Gasteiger partial charge on any atom is 0.0635 e. The first-order valence-corrected chi connectivity index (χ1v) is 5.93. The van der Waals surface area contributed by atoms with Crippen molar-refractivity contribution in [1.82, 2.24) is 0 Å². The number of hydrogen-bond donors (Lipinski definition) is 0. The van der Waals surface area contributed by atoms with Crippen molar-refractivity contribution in [1.29, 1.82) is 0 Å². The van der Waals surface area contributed by atoms with Crippen molar-refractivity contribution in [3.8, 4) is 0 Å². The summed E-state index contributed by atoms with van der Waals surface area (Å²) in [5, 5.41) is 0. The van der Waals surface area contributed by atoms with Crippen LogP contribution in [0.15, 0.2) is 0 Å². The van der Waals surface area contributed by atoms with Gasteiger partial charge in [0.1, 0.15) is 0 Å². The maximum absolute atomic E-state index is 10.5. The lowest BCUT2D eigenvalue weighted by atomic mass is 9.90. The van der Waals surface area contributed by atoms with Crippen molar-refractivity contribution in [3.05, 3.63) is 0 Å². The average Bonchev–Trinajstić information content (AvgIpc) is 2.11. The molecule has 0 amide bonds. The molecule has 2 atom stereocenters. The molecule has 13 heavy (non-hydrogen) atoms. The molecule has 4 heteroatoms. The van der Waals surface area contributed by atoms with Gasteiger partial charge in [0, 0.05) is 0 Å². The molecule has 0 aromatic rings. The third-order valence-electron chi connectivity index (χ3n) is 2.62. The average molecular weight is 206 g/mol. The highest BCUT2D eigenvalue weighted by Gasteiger charge is 2.21. The van der Waals surface area contributed by atoms with Crippen LogP contribution in [0.25, 0.3) is 0 Å². The van der Waals surface area contributed by atoms with Crippen LogP contribution in [0.1, 0.15) is 40.5 Å². The van der Waals surface area contributed by atoms with Crippen LogP contribution in [0, 0.1) is 11.8 Å². The molecule has 0 bridgehead atoms. The summed E-state index contributed by atoms with van der Waals surface area (Å²) in [6.07, 6.45) is 1.73. The van der Waals surface area contributed by atoms with Gasteiger partial charge in [-0.1, -0.05) is 40.5 Å². The summed E-state index contributed by atoms with van der Waals surface area (Å²) in [7, 11) is -2.72. The van der Waals surface area contributed by atoms with Crippen LogP contribution < -0.4 is 9.79 Å². The minimum atomic E-state index is -2.72. The molecule has 0 saturated carbocycles. The van der Waals surface area contributed by atoms with Crippen molar-refractivity contribution in [2.45, 2.75) is 46.6 Å². The molecule has 0 N–H and O–H groups in total. The maximum atomic E-state index is 10.5. The molecular weight excluding hydrogens is 187 g/mol. The third kappa shape index (κ3) is 4.92. The molecule has 0 radical (unpaired) electrons. The fourth-order valence-electron chi connectivity index (χ4n) is 1.33. The van der Waals surface area contributed by atoms with Gasteiger partial charge in [-0.3, -0.25) is 0 Å². The van der Waals surface area contributed by atoms with E-state index in [0.717, 1.165) is 12.8 Å². The minimum absolute atomic E-state index is 0.156. The Labute approximate surface area is 82.1 Å².